The third kappa shape index (κ3) is 3.40. The molecule has 1 aliphatic rings. The van der Waals surface area contributed by atoms with E-state index in [1.54, 1.807) is 0 Å². The van der Waals surface area contributed by atoms with Crippen LogP contribution in [-0.2, 0) is 5.41 Å². The quantitative estimate of drug-likeness (QED) is 0.250. The molecule has 5 aromatic rings. The molecule has 0 saturated carbocycles. The maximum Gasteiger partial charge on any atom is 0.0449 e. The average molecular weight is 463 g/mol. The summed E-state index contributed by atoms with van der Waals surface area (Å²) in [7, 11) is 0. The lowest BCUT2D eigenvalue weighted by molar-refractivity contribution is 0.660. The Morgan fingerprint density at radius 2 is 0.970 bits per heavy atom. The van der Waals surface area contributed by atoms with Gasteiger partial charge in [-0.15, -0.1) is 22.7 Å². The third-order valence-corrected chi connectivity index (χ3v) is 9.37. The number of hydrogen-bond acceptors (Lipinski definition) is 2. The molecule has 2 aromatic heterocycles. The number of fused-ring (bicyclic) bond motifs is 3. The van der Waals surface area contributed by atoms with Gasteiger partial charge in [0.2, 0.25) is 0 Å². The van der Waals surface area contributed by atoms with Crippen molar-refractivity contribution < 1.29 is 0 Å². The zero-order chi connectivity index (χ0) is 22.7. The van der Waals surface area contributed by atoms with E-state index in [1.165, 1.54) is 64.0 Å². The van der Waals surface area contributed by atoms with Crippen molar-refractivity contribution in [2.45, 2.75) is 33.1 Å². The molecule has 0 saturated heterocycles. The molecule has 6 rings (SSSR count). The van der Waals surface area contributed by atoms with Crippen LogP contribution in [0.5, 0.6) is 0 Å². The van der Waals surface area contributed by atoms with Crippen molar-refractivity contribution in [3.63, 3.8) is 0 Å². The van der Waals surface area contributed by atoms with E-state index in [9.17, 15) is 0 Å². The largest absolute Gasteiger partial charge is 0.134 e. The molecule has 2 heterocycles. The van der Waals surface area contributed by atoms with E-state index in [1.807, 2.05) is 22.7 Å². The van der Waals surface area contributed by atoms with E-state index in [0.29, 0.717) is 0 Å². The highest BCUT2D eigenvalue weighted by atomic mass is 32.1. The van der Waals surface area contributed by atoms with Gasteiger partial charge in [-0.2, -0.15) is 0 Å². The van der Waals surface area contributed by atoms with Crippen molar-refractivity contribution >= 4 is 22.7 Å². The Bertz CT molecular complexity index is 1490. The maximum absolute atomic E-state index is 2.42. The average Bonchev–Trinajstić information content (AvgIpc) is 3.53. The predicted octanol–water partition coefficient (Wildman–Crippen LogP) is 9.73. The first-order chi connectivity index (χ1) is 15.9. The van der Waals surface area contributed by atoms with Crippen LogP contribution in [0.4, 0.5) is 0 Å². The second-order valence-corrected chi connectivity index (χ2v) is 11.8. The Hall–Kier alpha value is -2.94. The van der Waals surface area contributed by atoms with E-state index in [0.717, 1.165) is 0 Å². The van der Waals surface area contributed by atoms with E-state index < -0.39 is 0 Å². The number of thiophene rings is 2. The van der Waals surface area contributed by atoms with Gasteiger partial charge in [-0.25, -0.2) is 0 Å². The van der Waals surface area contributed by atoms with Crippen molar-refractivity contribution in [3.8, 4) is 41.8 Å². The number of aryl methyl sites for hydroxylation is 2. The Morgan fingerprint density at radius 3 is 1.64 bits per heavy atom. The van der Waals surface area contributed by atoms with Crippen LogP contribution in [0, 0.1) is 13.8 Å². The summed E-state index contributed by atoms with van der Waals surface area (Å²) in [6, 6.07) is 31.8. The van der Waals surface area contributed by atoms with E-state index >= 15 is 0 Å². The van der Waals surface area contributed by atoms with Crippen LogP contribution in [0.2, 0.25) is 0 Å². The van der Waals surface area contributed by atoms with E-state index in [2.05, 4.69) is 113 Å². The minimum absolute atomic E-state index is 0.0312. The summed E-state index contributed by atoms with van der Waals surface area (Å²) in [6.07, 6.45) is 0. The van der Waals surface area contributed by atoms with E-state index in [4.69, 9.17) is 0 Å². The zero-order valence-corrected chi connectivity index (χ0v) is 21.0. The fraction of sp³-hybridized carbons (Fsp3) is 0.161. The van der Waals surface area contributed by atoms with Gasteiger partial charge in [-0.05, 0) is 77.6 Å². The predicted molar refractivity (Wildman–Crippen MR) is 146 cm³/mol. The van der Waals surface area contributed by atoms with Gasteiger partial charge in [0.15, 0.2) is 0 Å². The van der Waals surface area contributed by atoms with Gasteiger partial charge in [0.1, 0.15) is 0 Å². The highest BCUT2D eigenvalue weighted by molar-refractivity contribution is 7.25. The molecule has 0 amide bonds. The van der Waals surface area contributed by atoms with Gasteiger partial charge in [-0.1, -0.05) is 79.6 Å². The highest BCUT2D eigenvalue weighted by Gasteiger charge is 2.35. The lowest BCUT2D eigenvalue weighted by Crippen LogP contribution is -2.15. The molecule has 0 fully saturated rings. The van der Waals surface area contributed by atoms with Gasteiger partial charge in [0, 0.05) is 24.9 Å². The molecule has 162 valence electrons. The normalized spacial score (nSPS) is 13.7. The van der Waals surface area contributed by atoms with E-state index in [-0.39, 0.29) is 5.41 Å². The van der Waals surface area contributed by atoms with Gasteiger partial charge in [-0.3, -0.25) is 0 Å². The molecule has 0 radical (unpaired) electrons. The SMILES string of the molecule is Cc1ccc(-c2ccc(-c3ccc(-c4ccc5c(c4)C(C)(C)c4cc(C)ccc4-5)s3)s2)cc1. The minimum Gasteiger partial charge on any atom is -0.134 e. The molecule has 0 N–H and O–H groups in total. The summed E-state index contributed by atoms with van der Waals surface area (Å²) in [5, 5.41) is 0. The monoisotopic (exact) mass is 462 g/mol. The van der Waals surface area contributed by atoms with Crippen LogP contribution in [0.1, 0.15) is 36.1 Å². The van der Waals surface area contributed by atoms with Crippen molar-refractivity contribution in [3.05, 3.63) is 107 Å². The molecule has 0 unspecified atom stereocenters. The smallest absolute Gasteiger partial charge is 0.0449 e. The molecular weight excluding hydrogens is 436 g/mol. The Kier molecular flexibility index (Phi) is 4.72. The second kappa shape index (κ2) is 7.55. The minimum atomic E-state index is 0.0312. The van der Waals surface area contributed by atoms with Crippen molar-refractivity contribution in [2.24, 2.45) is 0 Å². The summed E-state index contributed by atoms with van der Waals surface area (Å²) >= 11 is 3.77. The van der Waals surface area contributed by atoms with Gasteiger partial charge in [0.25, 0.3) is 0 Å². The number of benzene rings is 3. The Labute approximate surface area is 204 Å². The molecule has 0 bridgehead atoms. The summed E-state index contributed by atoms with van der Waals surface area (Å²) in [5.41, 5.74) is 10.9. The Balaban J connectivity index is 1.34. The molecular formula is C31H26S2. The summed E-state index contributed by atoms with van der Waals surface area (Å²) < 4.78 is 0. The fourth-order valence-corrected chi connectivity index (χ4v) is 7.08. The first-order valence-electron chi connectivity index (χ1n) is 11.4. The standard InChI is InChI=1S/C31H26S2/c1-19-5-8-21(9-6-19)27-13-15-29(32-27)30-16-14-28(33-30)22-10-12-24-23-11-7-20(2)17-25(23)31(3,4)26(24)18-22/h5-18H,1-4H3. The van der Waals surface area contributed by atoms with Crippen LogP contribution >= 0.6 is 22.7 Å². The third-order valence-electron chi connectivity index (χ3n) is 6.91. The molecule has 0 nitrogen and oxygen atoms in total. The molecule has 33 heavy (non-hydrogen) atoms. The number of hydrogen-bond donors (Lipinski definition) is 0. The lowest BCUT2D eigenvalue weighted by Gasteiger charge is -2.22. The lowest BCUT2D eigenvalue weighted by atomic mass is 9.81. The van der Waals surface area contributed by atoms with Crippen molar-refractivity contribution in [1.82, 2.24) is 0 Å². The molecule has 0 spiro atoms. The van der Waals surface area contributed by atoms with Crippen LogP contribution in [0.3, 0.4) is 0 Å². The summed E-state index contributed by atoms with van der Waals surface area (Å²) in [6.45, 7) is 9.04. The molecule has 2 heteroatoms. The van der Waals surface area contributed by atoms with Gasteiger partial charge >= 0.3 is 0 Å². The van der Waals surface area contributed by atoms with Gasteiger partial charge in [0.05, 0.1) is 0 Å². The first-order valence-corrected chi connectivity index (χ1v) is 13.1. The van der Waals surface area contributed by atoms with Crippen molar-refractivity contribution in [2.75, 3.05) is 0 Å². The maximum atomic E-state index is 2.42. The molecule has 0 aliphatic heterocycles. The van der Waals surface area contributed by atoms with Crippen LogP contribution < -0.4 is 0 Å². The topological polar surface area (TPSA) is 0 Å². The fourth-order valence-electron chi connectivity index (χ4n) is 4.97. The van der Waals surface area contributed by atoms with Crippen LogP contribution in [-0.4, -0.2) is 0 Å². The van der Waals surface area contributed by atoms with Gasteiger partial charge < -0.3 is 0 Å². The summed E-state index contributed by atoms with van der Waals surface area (Å²) in [4.78, 5) is 5.34. The van der Waals surface area contributed by atoms with Crippen molar-refractivity contribution in [1.29, 1.82) is 0 Å². The summed E-state index contributed by atoms with van der Waals surface area (Å²) in [5.74, 6) is 0. The highest BCUT2D eigenvalue weighted by Crippen LogP contribution is 2.50. The second-order valence-electron chi connectivity index (χ2n) is 9.63. The molecule has 0 atom stereocenters. The van der Waals surface area contributed by atoms with Crippen LogP contribution in [0.15, 0.2) is 84.9 Å². The zero-order valence-electron chi connectivity index (χ0n) is 19.4. The van der Waals surface area contributed by atoms with Crippen LogP contribution in [0.25, 0.3) is 41.8 Å². The molecule has 1 aliphatic carbocycles. The Morgan fingerprint density at radius 1 is 0.485 bits per heavy atom. The first kappa shape index (κ1) is 20.7. The number of rotatable bonds is 3. The molecule has 3 aromatic carbocycles.